The molecule has 3 rings (SSSR count). The molecule has 0 aliphatic carbocycles. The standard InChI is InChI=1S/C20H19F2N3O3/c1-20(14-8-9-15(21)16(22)10-14)18(27)25(19(28)23-20)11-12-4-6-13(7-5-12)17(26)24(2)3/h4-10H,11H2,1-3H3,(H,23,28). The van der Waals surface area contributed by atoms with Crippen LogP contribution in [0, 0.1) is 11.6 Å². The number of hydrogen-bond acceptors (Lipinski definition) is 3. The third kappa shape index (κ3) is 3.33. The number of carbonyl (C=O) groups is 3. The fourth-order valence-electron chi connectivity index (χ4n) is 3.04. The predicted molar refractivity (Wildman–Crippen MR) is 97.3 cm³/mol. The molecule has 1 fully saturated rings. The van der Waals surface area contributed by atoms with Gasteiger partial charge in [-0.1, -0.05) is 18.2 Å². The lowest BCUT2D eigenvalue weighted by Crippen LogP contribution is -2.41. The molecule has 2 aromatic carbocycles. The lowest BCUT2D eigenvalue weighted by molar-refractivity contribution is -0.131. The van der Waals surface area contributed by atoms with Crippen molar-refractivity contribution >= 4 is 17.8 Å². The fourth-order valence-corrected chi connectivity index (χ4v) is 3.04. The van der Waals surface area contributed by atoms with Crippen LogP contribution in [0.1, 0.15) is 28.4 Å². The van der Waals surface area contributed by atoms with Gasteiger partial charge in [-0.25, -0.2) is 13.6 Å². The van der Waals surface area contributed by atoms with Crippen molar-refractivity contribution in [3.8, 4) is 0 Å². The smallest absolute Gasteiger partial charge is 0.325 e. The molecule has 0 radical (unpaired) electrons. The second-order valence-electron chi connectivity index (χ2n) is 6.97. The zero-order chi connectivity index (χ0) is 20.6. The van der Waals surface area contributed by atoms with Crippen molar-refractivity contribution in [2.45, 2.75) is 19.0 Å². The van der Waals surface area contributed by atoms with Crippen LogP contribution in [0.25, 0.3) is 0 Å². The van der Waals surface area contributed by atoms with Gasteiger partial charge in [0.2, 0.25) is 0 Å². The van der Waals surface area contributed by atoms with Crippen LogP contribution >= 0.6 is 0 Å². The highest BCUT2D eigenvalue weighted by atomic mass is 19.2. The Bertz CT molecular complexity index is 960. The Morgan fingerprint density at radius 3 is 2.29 bits per heavy atom. The number of urea groups is 1. The second-order valence-corrected chi connectivity index (χ2v) is 6.97. The lowest BCUT2D eigenvalue weighted by atomic mass is 9.92. The zero-order valence-corrected chi connectivity index (χ0v) is 15.6. The number of amides is 4. The van der Waals surface area contributed by atoms with Crippen molar-refractivity contribution < 1.29 is 23.2 Å². The van der Waals surface area contributed by atoms with E-state index in [1.165, 1.54) is 17.9 Å². The van der Waals surface area contributed by atoms with E-state index in [1.54, 1.807) is 38.4 Å². The van der Waals surface area contributed by atoms with E-state index >= 15 is 0 Å². The minimum Gasteiger partial charge on any atom is -0.345 e. The number of rotatable bonds is 4. The van der Waals surface area contributed by atoms with Crippen molar-refractivity contribution in [3.63, 3.8) is 0 Å². The van der Waals surface area contributed by atoms with Crippen molar-refractivity contribution in [2.24, 2.45) is 0 Å². The first-order valence-electron chi connectivity index (χ1n) is 8.53. The summed E-state index contributed by atoms with van der Waals surface area (Å²) in [5, 5.41) is 2.55. The first kappa shape index (κ1) is 19.5. The summed E-state index contributed by atoms with van der Waals surface area (Å²) in [4.78, 5) is 39.6. The van der Waals surface area contributed by atoms with Gasteiger partial charge >= 0.3 is 6.03 Å². The van der Waals surface area contributed by atoms with Crippen LogP contribution in [0.5, 0.6) is 0 Å². The average molecular weight is 387 g/mol. The summed E-state index contributed by atoms with van der Waals surface area (Å²) in [5.41, 5.74) is -0.211. The third-order valence-electron chi connectivity index (χ3n) is 4.72. The minimum atomic E-state index is -1.49. The molecule has 0 saturated carbocycles. The van der Waals surface area contributed by atoms with Crippen molar-refractivity contribution in [1.82, 2.24) is 15.1 Å². The molecule has 0 bridgehead atoms. The van der Waals surface area contributed by atoms with Crippen molar-refractivity contribution in [1.29, 1.82) is 0 Å². The van der Waals surface area contributed by atoms with Crippen molar-refractivity contribution in [3.05, 3.63) is 70.8 Å². The van der Waals surface area contributed by atoms with Gasteiger partial charge in [-0.05, 0) is 42.3 Å². The number of benzene rings is 2. The summed E-state index contributed by atoms with van der Waals surface area (Å²) >= 11 is 0. The summed E-state index contributed by atoms with van der Waals surface area (Å²) in [5.74, 6) is -2.86. The highest BCUT2D eigenvalue weighted by Gasteiger charge is 2.49. The summed E-state index contributed by atoms with van der Waals surface area (Å²) in [6.07, 6.45) is 0. The van der Waals surface area contributed by atoms with E-state index in [2.05, 4.69) is 5.32 Å². The maximum atomic E-state index is 13.6. The Morgan fingerprint density at radius 2 is 1.71 bits per heavy atom. The topological polar surface area (TPSA) is 69.7 Å². The number of halogens is 2. The van der Waals surface area contributed by atoms with E-state index in [0.29, 0.717) is 11.1 Å². The molecule has 0 aromatic heterocycles. The monoisotopic (exact) mass is 387 g/mol. The van der Waals surface area contributed by atoms with Crippen LogP contribution < -0.4 is 5.32 Å². The maximum Gasteiger partial charge on any atom is 0.325 e. The predicted octanol–water partition coefficient (Wildman–Crippen LogP) is 2.63. The van der Waals surface area contributed by atoms with E-state index < -0.39 is 29.1 Å². The van der Waals surface area contributed by atoms with Crippen LogP contribution in [0.2, 0.25) is 0 Å². The average Bonchev–Trinajstić information content (AvgIpc) is 2.88. The minimum absolute atomic E-state index is 0.0135. The zero-order valence-electron chi connectivity index (χ0n) is 15.6. The van der Waals surface area contributed by atoms with Crippen LogP contribution in [-0.4, -0.2) is 41.7 Å². The van der Waals surface area contributed by atoms with Crippen LogP contribution in [0.15, 0.2) is 42.5 Å². The highest BCUT2D eigenvalue weighted by molar-refractivity contribution is 6.07. The van der Waals surface area contributed by atoms with Gasteiger partial charge in [-0.15, -0.1) is 0 Å². The van der Waals surface area contributed by atoms with Crippen LogP contribution in [0.3, 0.4) is 0 Å². The van der Waals surface area contributed by atoms with Gasteiger partial charge in [0.1, 0.15) is 5.54 Å². The molecule has 1 atom stereocenters. The largest absolute Gasteiger partial charge is 0.345 e. The molecule has 1 aliphatic rings. The molecule has 146 valence electrons. The van der Waals surface area contributed by atoms with E-state index in [1.807, 2.05) is 0 Å². The maximum absolute atomic E-state index is 13.6. The quantitative estimate of drug-likeness (QED) is 0.820. The van der Waals surface area contributed by atoms with E-state index in [0.717, 1.165) is 17.0 Å². The molecule has 0 spiro atoms. The van der Waals surface area contributed by atoms with E-state index in [4.69, 9.17) is 0 Å². The molecular formula is C20H19F2N3O3. The Labute approximate surface area is 160 Å². The Hall–Kier alpha value is -3.29. The fraction of sp³-hybridized carbons (Fsp3) is 0.250. The van der Waals surface area contributed by atoms with E-state index in [9.17, 15) is 23.2 Å². The van der Waals surface area contributed by atoms with Gasteiger partial charge in [0.05, 0.1) is 6.54 Å². The molecule has 1 aliphatic heterocycles. The number of imide groups is 1. The number of nitrogens with zero attached hydrogens (tertiary/aromatic N) is 2. The molecule has 1 unspecified atom stereocenters. The summed E-state index contributed by atoms with van der Waals surface area (Å²) in [7, 11) is 3.28. The molecule has 4 amide bonds. The molecule has 8 heteroatoms. The second kappa shape index (κ2) is 7.03. The Kier molecular flexibility index (Phi) is 4.89. The third-order valence-corrected chi connectivity index (χ3v) is 4.72. The molecule has 6 nitrogen and oxygen atoms in total. The summed E-state index contributed by atoms with van der Waals surface area (Å²) in [6, 6.07) is 8.99. The number of nitrogens with one attached hydrogen (secondary N) is 1. The first-order chi connectivity index (χ1) is 13.1. The molecular weight excluding hydrogens is 368 g/mol. The van der Waals surface area contributed by atoms with Crippen molar-refractivity contribution in [2.75, 3.05) is 14.1 Å². The number of hydrogen-bond donors (Lipinski definition) is 1. The summed E-state index contributed by atoms with van der Waals surface area (Å²) < 4.78 is 26.8. The SMILES string of the molecule is CN(C)C(=O)c1ccc(CN2C(=O)NC(C)(c3ccc(F)c(F)c3)C2=O)cc1. The molecule has 1 N–H and O–H groups in total. The van der Waals surface area contributed by atoms with Gasteiger partial charge in [-0.3, -0.25) is 14.5 Å². The lowest BCUT2D eigenvalue weighted by Gasteiger charge is -2.22. The first-order valence-corrected chi connectivity index (χ1v) is 8.53. The van der Waals surface area contributed by atoms with Gasteiger partial charge in [-0.2, -0.15) is 0 Å². The van der Waals surface area contributed by atoms with Crippen LogP contribution in [-0.2, 0) is 16.9 Å². The molecule has 2 aromatic rings. The molecule has 28 heavy (non-hydrogen) atoms. The molecule has 1 heterocycles. The van der Waals surface area contributed by atoms with Gasteiger partial charge < -0.3 is 10.2 Å². The normalized spacial score (nSPS) is 19.0. The van der Waals surface area contributed by atoms with E-state index in [-0.39, 0.29) is 18.0 Å². The number of carbonyl (C=O) groups excluding carboxylic acids is 3. The Morgan fingerprint density at radius 1 is 1.07 bits per heavy atom. The van der Waals surface area contributed by atoms with Gasteiger partial charge in [0.15, 0.2) is 11.6 Å². The highest BCUT2D eigenvalue weighted by Crippen LogP contribution is 2.30. The van der Waals surface area contributed by atoms with Gasteiger partial charge in [0, 0.05) is 19.7 Å². The van der Waals surface area contributed by atoms with Crippen LogP contribution in [0.4, 0.5) is 13.6 Å². The summed E-state index contributed by atoms with van der Waals surface area (Å²) in [6.45, 7) is 1.43. The van der Waals surface area contributed by atoms with Gasteiger partial charge in [0.25, 0.3) is 11.8 Å². The molecule has 1 saturated heterocycles. The Balaban J connectivity index is 1.82.